The average molecular weight is 793 g/mol. The summed E-state index contributed by atoms with van der Waals surface area (Å²) in [6.07, 6.45) is 11.5. The summed E-state index contributed by atoms with van der Waals surface area (Å²) in [6, 6.07) is 17.7. The van der Waals surface area contributed by atoms with E-state index in [1.54, 1.807) is 12.1 Å². The number of carbonyl (C=O) groups is 1. The summed E-state index contributed by atoms with van der Waals surface area (Å²) in [5.74, 6) is 0.0620. The Hall–Kier alpha value is -4.50. The lowest BCUT2D eigenvalue weighted by molar-refractivity contribution is -0.123. The molecule has 0 fully saturated rings. The van der Waals surface area contributed by atoms with Crippen molar-refractivity contribution in [3.05, 3.63) is 84.4 Å². The van der Waals surface area contributed by atoms with E-state index in [-0.39, 0.29) is 22.3 Å². The second kappa shape index (κ2) is 19.2. The number of nitrogens with one attached hydrogen (secondary N) is 2. The number of unbranched alkanes of at least 4 members (excludes halogenated alkanes) is 9. The predicted molar refractivity (Wildman–Crippen MR) is 204 cm³/mol. The number of phenolic OH excluding ortho intramolecular Hbond substituents is 1. The van der Waals surface area contributed by atoms with Crippen molar-refractivity contribution in [3.63, 3.8) is 0 Å². The number of carbonyl (C=O) groups excluding carboxylic acids is 1. The Kier molecular flexibility index (Phi) is 15.0. The van der Waals surface area contributed by atoms with Crippen LogP contribution in [0.3, 0.4) is 0 Å². The van der Waals surface area contributed by atoms with E-state index < -0.39 is 48.2 Å². The van der Waals surface area contributed by atoms with E-state index in [2.05, 4.69) is 12.2 Å². The lowest BCUT2D eigenvalue weighted by Crippen LogP contribution is -2.33. The number of halogens is 3. The fourth-order valence-electron chi connectivity index (χ4n) is 5.91. The summed E-state index contributed by atoms with van der Waals surface area (Å²) in [5, 5.41) is 12.8. The fourth-order valence-corrected chi connectivity index (χ4v) is 7.63. The zero-order chi connectivity index (χ0) is 39.4. The van der Waals surface area contributed by atoms with Crippen LogP contribution in [0.1, 0.15) is 90.0 Å². The van der Waals surface area contributed by atoms with Gasteiger partial charge in [0, 0.05) is 16.5 Å². The molecule has 4 rings (SSSR count). The van der Waals surface area contributed by atoms with Crippen LogP contribution in [0.2, 0.25) is 0 Å². The number of fused-ring (bicyclic) bond motifs is 1. The Morgan fingerprint density at radius 2 is 1.35 bits per heavy atom. The maximum atomic E-state index is 13.5. The molecule has 54 heavy (non-hydrogen) atoms. The molecule has 4 aromatic rings. The molecule has 0 heterocycles. The molecule has 0 radical (unpaired) electrons. The minimum Gasteiger partial charge on any atom is -0.508 e. The molecular weight excluding hydrogens is 746 g/mol. The summed E-state index contributed by atoms with van der Waals surface area (Å²) in [6.45, 7) is 4.10. The Balaban J connectivity index is 1.43. The first-order chi connectivity index (χ1) is 25.6. The standard InChI is InChI=1S/C39H47F3N2O8S2/c1-3-5-6-7-8-9-10-11-12-13-18-36(51-31-23-25-35(45)28(4-2)27-31)38(46)43-29-19-21-30(22-20-29)52-53(47,48)37-26-24-34(32-16-14-15-17-33(32)37)44-54(49,50)39(40,41)42/h14-17,19-27,36,44-45H,3-13,18H2,1-2H3,(H,43,46). The van der Waals surface area contributed by atoms with Crippen molar-refractivity contribution in [1.82, 2.24) is 0 Å². The first-order valence-corrected chi connectivity index (χ1v) is 21.0. The maximum Gasteiger partial charge on any atom is 0.516 e. The van der Waals surface area contributed by atoms with Gasteiger partial charge in [0.25, 0.3) is 5.91 Å². The van der Waals surface area contributed by atoms with Gasteiger partial charge in [-0.2, -0.15) is 30.0 Å². The smallest absolute Gasteiger partial charge is 0.508 e. The predicted octanol–water partition coefficient (Wildman–Crippen LogP) is 9.83. The molecule has 3 N–H and O–H groups in total. The monoisotopic (exact) mass is 792 g/mol. The number of phenols is 1. The first-order valence-electron chi connectivity index (χ1n) is 18.1. The third-order valence-electron chi connectivity index (χ3n) is 8.85. The highest BCUT2D eigenvalue weighted by Crippen LogP contribution is 2.34. The largest absolute Gasteiger partial charge is 0.516 e. The van der Waals surface area contributed by atoms with Crippen LogP contribution in [-0.4, -0.2) is 39.5 Å². The first kappa shape index (κ1) is 42.2. The zero-order valence-corrected chi connectivity index (χ0v) is 32.0. The number of sulfonamides is 1. The molecule has 4 aromatic carbocycles. The molecule has 0 saturated heterocycles. The molecule has 0 aliphatic carbocycles. The van der Waals surface area contributed by atoms with E-state index in [9.17, 15) is 39.9 Å². The van der Waals surface area contributed by atoms with Gasteiger partial charge in [-0.25, -0.2) is 0 Å². The summed E-state index contributed by atoms with van der Waals surface area (Å²) < 4.78 is 102. The van der Waals surface area contributed by atoms with Gasteiger partial charge >= 0.3 is 25.6 Å². The average Bonchev–Trinajstić information content (AvgIpc) is 3.12. The SMILES string of the molecule is CCCCCCCCCCCCC(Oc1ccc(O)c(CC)c1)C(=O)Nc1ccc(OS(=O)(=O)c2ccc(NS(=O)(=O)C(F)(F)F)c3ccccc23)cc1. The van der Waals surface area contributed by atoms with Gasteiger partial charge in [-0.3, -0.25) is 9.52 Å². The van der Waals surface area contributed by atoms with Crippen LogP contribution < -0.4 is 19.0 Å². The van der Waals surface area contributed by atoms with E-state index in [1.807, 2.05) is 6.92 Å². The van der Waals surface area contributed by atoms with Crippen molar-refractivity contribution in [2.45, 2.75) is 107 Å². The number of aryl methyl sites for hydroxylation is 1. The molecule has 0 spiro atoms. The molecule has 0 aromatic heterocycles. The number of hydrogen-bond donors (Lipinski definition) is 3. The van der Waals surface area contributed by atoms with Crippen LogP contribution in [0.15, 0.2) is 83.8 Å². The number of ether oxygens (including phenoxy) is 1. The van der Waals surface area contributed by atoms with Gasteiger partial charge in [0.2, 0.25) is 0 Å². The molecular formula is C39H47F3N2O8S2. The minimum atomic E-state index is -5.77. The highest BCUT2D eigenvalue weighted by Gasteiger charge is 2.46. The van der Waals surface area contributed by atoms with Crippen LogP contribution in [0, 0.1) is 0 Å². The number of alkyl halides is 3. The molecule has 10 nitrogen and oxygen atoms in total. The second-order valence-electron chi connectivity index (χ2n) is 13.0. The van der Waals surface area contributed by atoms with Crippen LogP contribution in [0.4, 0.5) is 24.5 Å². The number of anilines is 2. The minimum absolute atomic E-state index is 0.0723. The van der Waals surface area contributed by atoms with Crippen LogP contribution in [0.25, 0.3) is 10.8 Å². The van der Waals surface area contributed by atoms with E-state index in [0.717, 1.165) is 37.8 Å². The van der Waals surface area contributed by atoms with Gasteiger partial charge in [0.1, 0.15) is 22.1 Å². The van der Waals surface area contributed by atoms with Crippen molar-refractivity contribution in [3.8, 4) is 17.2 Å². The molecule has 0 aliphatic heterocycles. The summed E-state index contributed by atoms with van der Waals surface area (Å²) in [5.41, 5.74) is -5.02. The third-order valence-corrected chi connectivity index (χ3v) is 11.3. The number of aromatic hydroxyl groups is 1. The van der Waals surface area contributed by atoms with E-state index >= 15 is 0 Å². The highest BCUT2D eigenvalue weighted by molar-refractivity contribution is 7.93. The molecule has 1 unspecified atom stereocenters. The number of hydrogen-bond acceptors (Lipinski definition) is 8. The van der Waals surface area contributed by atoms with Crippen LogP contribution >= 0.6 is 0 Å². The lowest BCUT2D eigenvalue weighted by Gasteiger charge is -2.20. The molecule has 294 valence electrons. The molecule has 0 bridgehead atoms. The zero-order valence-electron chi connectivity index (χ0n) is 30.3. The maximum absolute atomic E-state index is 13.5. The fraction of sp³-hybridized carbons (Fsp3) is 0.410. The topological polar surface area (TPSA) is 148 Å². The van der Waals surface area contributed by atoms with E-state index in [0.29, 0.717) is 29.8 Å². The summed E-state index contributed by atoms with van der Waals surface area (Å²) >= 11 is 0. The second-order valence-corrected chi connectivity index (χ2v) is 16.2. The number of benzene rings is 4. The van der Waals surface area contributed by atoms with Crippen molar-refractivity contribution in [1.29, 1.82) is 0 Å². The highest BCUT2D eigenvalue weighted by atomic mass is 32.2. The van der Waals surface area contributed by atoms with E-state index in [1.165, 1.54) is 97.8 Å². The van der Waals surface area contributed by atoms with Gasteiger partial charge in [-0.15, -0.1) is 0 Å². The summed E-state index contributed by atoms with van der Waals surface area (Å²) in [4.78, 5) is 13.1. The molecule has 15 heteroatoms. The Labute approximate surface area is 315 Å². The quantitative estimate of drug-likeness (QED) is 0.0558. The molecule has 1 amide bonds. The van der Waals surface area contributed by atoms with Crippen LogP contribution in [-0.2, 0) is 31.4 Å². The summed E-state index contributed by atoms with van der Waals surface area (Å²) in [7, 11) is -10.3. The number of rotatable bonds is 21. The Morgan fingerprint density at radius 3 is 1.96 bits per heavy atom. The normalized spacial score (nSPS) is 12.7. The van der Waals surface area contributed by atoms with Crippen molar-refractivity contribution >= 4 is 48.2 Å². The van der Waals surface area contributed by atoms with Gasteiger partial charge in [0.15, 0.2) is 6.10 Å². The Morgan fingerprint density at radius 1 is 0.759 bits per heavy atom. The lowest BCUT2D eigenvalue weighted by atomic mass is 10.0. The van der Waals surface area contributed by atoms with Gasteiger partial charge in [-0.1, -0.05) is 95.9 Å². The Bertz CT molecular complexity index is 2070. The van der Waals surface area contributed by atoms with Crippen LogP contribution in [0.5, 0.6) is 17.2 Å². The number of amides is 1. The molecule has 0 aliphatic rings. The van der Waals surface area contributed by atoms with Gasteiger partial charge < -0.3 is 19.3 Å². The van der Waals surface area contributed by atoms with E-state index in [4.69, 9.17) is 8.92 Å². The van der Waals surface area contributed by atoms with Crippen molar-refractivity contribution < 1.29 is 48.8 Å². The van der Waals surface area contributed by atoms with Gasteiger partial charge in [0.05, 0.1) is 5.69 Å². The van der Waals surface area contributed by atoms with Gasteiger partial charge in [-0.05, 0) is 79.4 Å². The molecule has 0 saturated carbocycles. The van der Waals surface area contributed by atoms with Crippen molar-refractivity contribution in [2.75, 3.05) is 10.0 Å². The van der Waals surface area contributed by atoms with Crippen molar-refractivity contribution in [2.24, 2.45) is 0 Å². The molecule has 1 atom stereocenters. The third kappa shape index (κ3) is 11.7.